The zero-order valence-corrected chi connectivity index (χ0v) is 10.7. The fourth-order valence-corrected chi connectivity index (χ4v) is 3.22. The zero-order chi connectivity index (χ0) is 12.0. The van der Waals surface area contributed by atoms with Crippen LogP contribution in [0.15, 0.2) is 0 Å². The first-order valence-corrected chi connectivity index (χ1v) is 6.02. The first kappa shape index (κ1) is 13.5. The van der Waals surface area contributed by atoms with Crippen molar-refractivity contribution >= 4 is 0 Å². The van der Waals surface area contributed by atoms with E-state index in [0.29, 0.717) is 18.3 Å². The Bertz CT molecular complexity index is 241. The molecule has 1 saturated carbocycles. The van der Waals surface area contributed by atoms with Gasteiger partial charge in [-0.05, 0) is 31.1 Å². The summed E-state index contributed by atoms with van der Waals surface area (Å²) in [5, 5.41) is 8.65. The molecule has 0 radical (unpaired) electrons. The minimum atomic E-state index is 0.184. The smallest absolute Gasteiger partial charge is 0.0621 e. The Morgan fingerprint density at radius 2 is 1.88 bits per heavy atom. The van der Waals surface area contributed by atoms with E-state index in [-0.39, 0.29) is 5.41 Å². The number of nitriles is 1. The third kappa shape index (κ3) is 3.20. The van der Waals surface area contributed by atoms with E-state index in [9.17, 15) is 0 Å². The van der Waals surface area contributed by atoms with Crippen molar-refractivity contribution in [3.63, 3.8) is 0 Å². The second-order valence-electron chi connectivity index (χ2n) is 5.21. The lowest BCUT2D eigenvalue weighted by Gasteiger charge is -2.27. The highest BCUT2D eigenvalue weighted by molar-refractivity contribution is 4.93. The fourth-order valence-electron chi connectivity index (χ4n) is 3.22. The molecule has 0 aliphatic heterocycles. The average molecular weight is 225 g/mol. The first-order chi connectivity index (χ1) is 7.67. The molecule has 0 unspecified atom stereocenters. The van der Waals surface area contributed by atoms with Crippen LogP contribution in [-0.4, -0.2) is 27.4 Å². The van der Waals surface area contributed by atoms with Gasteiger partial charge in [0.15, 0.2) is 0 Å². The van der Waals surface area contributed by atoms with Crippen molar-refractivity contribution < 1.29 is 9.47 Å². The molecule has 0 saturated heterocycles. The second-order valence-corrected chi connectivity index (χ2v) is 5.21. The van der Waals surface area contributed by atoms with Gasteiger partial charge in [-0.1, -0.05) is 6.92 Å². The van der Waals surface area contributed by atoms with Gasteiger partial charge in [-0.25, -0.2) is 0 Å². The maximum atomic E-state index is 8.65. The quantitative estimate of drug-likeness (QED) is 0.698. The Morgan fingerprint density at radius 3 is 2.38 bits per heavy atom. The standard InChI is InChI=1S/C13H23NO2/c1-11-7-13(9-15-2,10-16-3)8-12(11)5-4-6-14/h11-12H,4-5,7-10H2,1-3H3/t11-,12-/m1/s1. The Kier molecular flexibility index (Phi) is 5.24. The molecule has 3 nitrogen and oxygen atoms in total. The molecule has 0 heterocycles. The van der Waals surface area contributed by atoms with Crippen LogP contribution in [0.25, 0.3) is 0 Å². The maximum Gasteiger partial charge on any atom is 0.0621 e. The molecule has 2 atom stereocenters. The number of nitrogens with zero attached hydrogens (tertiary/aromatic N) is 1. The first-order valence-electron chi connectivity index (χ1n) is 6.02. The molecule has 16 heavy (non-hydrogen) atoms. The summed E-state index contributed by atoms with van der Waals surface area (Å²) < 4.78 is 10.7. The highest BCUT2D eigenvalue weighted by atomic mass is 16.5. The molecule has 1 aliphatic rings. The molecule has 1 aliphatic carbocycles. The van der Waals surface area contributed by atoms with Gasteiger partial charge in [0.25, 0.3) is 0 Å². The van der Waals surface area contributed by atoms with Gasteiger partial charge in [-0.2, -0.15) is 5.26 Å². The summed E-state index contributed by atoms with van der Waals surface area (Å²) in [6.07, 6.45) is 3.99. The van der Waals surface area contributed by atoms with Crippen molar-refractivity contribution in [1.82, 2.24) is 0 Å². The Balaban J connectivity index is 2.59. The SMILES string of the molecule is COCC1(COC)C[C@@H](CCC#N)[C@H](C)C1. The van der Waals surface area contributed by atoms with E-state index in [0.717, 1.165) is 32.5 Å². The monoisotopic (exact) mass is 225 g/mol. The van der Waals surface area contributed by atoms with Gasteiger partial charge < -0.3 is 9.47 Å². The van der Waals surface area contributed by atoms with Gasteiger partial charge in [0.05, 0.1) is 19.3 Å². The summed E-state index contributed by atoms with van der Waals surface area (Å²) in [5.74, 6) is 1.34. The van der Waals surface area contributed by atoms with Crippen molar-refractivity contribution in [3.8, 4) is 6.07 Å². The molecular formula is C13H23NO2. The molecule has 0 N–H and O–H groups in total. The van der Waals surface area contributed by atoms with Gasteiger partial charge in [-0.15, -0.1) is 0 Å². The Morgan fingerprint density at radius 1 is 1.25 bits per heavy atom. The van der Waals surface area contributed by atoms with Crippen LogP contribution in [-0.2, 0) is 9.47 Å². The highest BCUT2D eigenvalue weighted by Crippen LogP contribution is 2.47. The molecule has 0 spiro atoms. The maximum absolute atomic E-state index is 8.65. The number of ether oxygens (including phenoxy) is 2. The van der Waals surface area contributed by atoms with Gasteiger partial charge in [0.1, 0.15) is 0 Å². The van der Waals surface area contributed by atoms with Crippen LogP contribution < -0.4 is 0 Å². The predicted octanol–water partition coefficient (Wildman–Crippen LogP) is 2.62. The molecule has 1 fully saturated rings. The van der Waals surface area contributed by atoms with Crippen LogP contribution >= 0.6 is 0 Å². The number of methoxy groups -OCH3 is 2. The summed E-state index contributed by atoms with van der Waals surface area (Å²) in [4.78, 5) is 0. The largest absolute Gasteiger partial charge is 0.384 e. The van der Waals surface area contributed by atoms with E-state index < -0.39 is 0 Å². The Labute approximate surface area is 98.7 Å². The van der Waals surface area contributed by atoms with Crippen LogP contribution in [0.2, 0.25) is 0 Å². The van der Waals surface area contributed by atoms with Gasteiger partial charge in [-0.3, -0.25) is 0 Å². The van der Waals surface area contributed by atoms with E-state index in [1.165, 1.54) is 0 Å². The minimum Gasteiger partial charge on any atom is -0.384 e. The van der Waals surface area contributed by atoms with E-state index in [1.807, 2.05) is 0 Å². The third-order valence-electron chi connectivity index (χ3n) is 3.78. The van der Waals surface area contributed by atoms with Crippen molar-refractivity contribution in [2.45, 2.75) is 32.6 Å². The van der Waals surface area contributed by atoms with Gasteiger partial charge in [0, 0.05) is 26.1 Å². The Hall–Kier alpha value is -0.590. The fraction of sp³-hybridized carbons (Fsp3) is 0.923. The third-order valence-corrected chi connectivity index (χ3v) is 3.78. The predicted molar refractivity (Wildman–Crippen MR) is 62.9 cm³/mol. The average Bonchev–Trinajstić information content (AvgIpc) is 2.53. The molecule has 1 rings (SSSR count). The molecule has 0 aromatic carbocycles. The molecule has 3 heteroatoms. The summed E-state index contributed by atoms with van der Waals surface area (Å²) >= 11 is 0. The zero-order valence-electron chi connectivity index (χ0n) is 10.7. The number of hydrogen-bond donors (Lipinski definition) is 0. The summed E-state index contributed by atoms with van der Waals surface area (Å²) in [6, 6.07) is 2.24. The molecular weight excluding hydrogens is 202 g/mol. The lowest BCUT2D eigenvalue weighted by atomic mass is 9.86. The van der Waals surface area contributed by atoms with E-state index in [4.69, 9.17) is 14.7 Å². The molecule has 0 amide bonds. The van der Waals surface area contributed by atoms with Gasteiger partial charge >= 0.3 is 0 Å². The summed E-state index contributed by atoms with van der Waals surface area (Å²) in [6.45, 7) is 3.83. The van der Waals surface area contributed by atoms with E-state index in [2.05, 4.69) is 13.0 Å². The van der Waals surface area contributed by atoms with Crippen LogP contribution in [0.5, 0.6) is 0 Å². The van der Waals surface area contributed by atoms with Crippen molar-refractivity contribution in [2.75, 3.05) is 27.4 Å². The van der Waals surface area contributed by atoms with Crippen molar-refractivity contribution in [3.05, 3.63) is 0 Å². The van der Waals surface area contributed by atoms with Crippen LogP contribution in [0.3, 0.4) is 0 Å². The van der Waals surface area contributed by atoms with E-state index in [1.54, 1.807) is 14.2 Å². The minimum absolute atomic E-state index is 0.184. The molecule has 0 aromatic rings. The number of hydrogen-bond acceptors (Lipinski definition) is 3. The van der Waals surface area contributed by atoms with Crippen molar-refractivity contribution in [1.29, 1.82) is 5.26 Å². The topological polar surface area (TPSA) is 42.2 Å². The molecule has 0 bridgehead atoms. The number of rotatable bonds is 6. The second kappa shape index (κ2) is 6.22. The summed E-state index contributed by atoms with van der Waals surface area (Å²) in [5.41, 5.74) is 0.184. The normalized spacial score (nSPS) is 27.9. The highest BCUT2D eigenvalue weighted by Gasteiger charge is 2.43. The summed E-state index contributed by atoms with van der Waals surface area (Å²) in [7, 11) is 3.51. The molecule has 92 valence electrons. The van der Waals surface area contributed by atoms with Crippen LogP contribution in [0.4, 0.5) is 0 Å². The lowest BCUT2D eigenvalue weighted by Crippen LogP contribution is -2.29. The van der Waals surface area contributed by atoms with Crippen molar-refractivity contribution in [2.24, 2.45) is 17.3 Å². The van der Waals surface area contributed by atoms with Crippen LogP contribution in [0, 0.1) is 28.6 Å². The van der Waals surface area contributed by atoms with Crippen LogP contribution in [0.1, 0.15) is 32.6 Å². The molecule has 0 aromatic heterocycles. The van der Waals surface area contributed by atoms with E-state index >= 15 is 0 Å². The van der Waals surface area contributed by atoms with Gasteiger partial charge in [0.2, 0.25) is 0 Å². The lowest BCUT2D eigenvalue weighted by molar-refractivity contribution is 0.0106.